The number of carbonyl (C=O) groups is 2. The molecule has 2 rings (SSSR count). The van der Waals surface area contributed by atoms with Gasteiger partial charge in [-0.15, -0.1) is 0 Å². The number of aliphatic hydroxyl groups is 1. The SMILES string of the molecule is CS(=O)(=O)C1=C(O)C(=O)N(CCCC(=O)O)[C@H]1c1ccccc1F. The minimum absolute atomic E-state index is 0.0380. The Balaban J connectivity index is 2.50. The Bertz CT molecular complexity index is 817. The molecule has 1 aromatic carbocycles. The van der Waals surface area contributed by atoms with Gasteiger partial charge in [-0.05, 0) is 12.5 Å². The lowest BCUT2D eigenvalue weighted by molar-refractivity contribution is -0.138. The Morgan fingerprint density at radius 1 is 1.33 bits per heavy atom. The highest BCUT2D eigenvalue weighted by Gasteiger charge is 2.45. The maximum Gasteiger partial charge on any atom is 0.303 e. The number of hydrogen-bond acceptors (Lipinski definition) is 5. The lowest BCUT2D eigenvalue weighted by Crippen LogP contribution is -2.32. The Hall–Kier alpha value is -2.42. The molecule has 0 bridgehead atoms. The molecule has 9 heteroatoms. The molecule has 1 aliphatic rings. The van der Waals surface area contributed by atoms with Gasteiger partial charge in [-0.1, -0.05) is 18.2 Å². The predicted octanol–water partition coefficient (Wildman–Crippen LogP) is 1.39. The molecule has 2 N–H and O–H groups in total. The van der Waals surface area contributed by atoms with Crippen LogP contribution < -0.4 is 0 Å². The van der Waals surface area contributed by atoms with Gasteiger partial charge in [0.2, 0.25) is 0 Å². The molecule has 7 nitrogen and oxygen atoms in total. The van der Waals surface area contributed by atoms with Crippen molar-refractivity contribution in [1.29, 1.82) is 0 Å². The highest BCUT2D eigenvalue weighted by Crippen LogP contribution is 2.40. The second-order valence-electron chi connectivity index (χ2n) is 5.40. The Morgan fingerprint density at radius 2 is 1.96 bits per heavy atom. The first kappa shape index (κ1) is 17.9. The second-order valence-corrected chi connectivity index (χ2v) is 7.39. The largest absolute Gasteiger partial charge is 0.502 e. The van der Waals surface area contributed by atoms with Crippen LogP contribution in [0.5, 0.6) is 0 Å². The highest BCUT2D eigenvalue weighted by molar-refractivity contribution is 7.94. The maximum atomic E-state index is 14.1. The fourth-order valence-electron chi connectivity index (χ4n) is 2.65. The summed E-state index contributed by atoms with van der Waals surface area (Å²) in [6.45, 7) is -0.132. The minimum Gasteiger partial charge on any atom is -0.502 e. The first-order valence-corrected chi connectivity index (χ1v) is 8.94. The van der Waals surface area contributed by atoms with Gasteiger partial charge in [0.25, 0.3) is 5.91 Å². The minimum atomic E-state index is -3.99. The van der Waals surface area contributed by atoms with Crippen molar-refractivity contribution in [2.75, 3.05) is 12.8 Å². The molecule has 1 atom stereocenters. The summed E-state index contributed by atoms with van der Waals surface area (Å²) < 4.78 is 38.1. The standard InChI is InChI=1S/C15H16FNO6S/c1-24(22,23)14-12(9-5-2-3-6-10(9)16)17(15(21)13(14)20)8-4-7-11(18)19/h2-3,5-6,12,20H,4,7-8H2,1H3,(H,18,19)/t12-/m0/s1. The van der Waals surface area contributed by atoms with Crippen molar-refractivity contribution in [3.63, 3.8) is 0 Å². The first-order valence-electron chi connectivity index (χ1n) is 7.05. The number of rotatable bonds is 6. The van der Waals surface area contributed by atoms with Crippen molar-refractivity contribution in [1.82, 2.24) is 4.90 Å². The number of aliphatic hydroxyl groups excluding tert-OH is 1. The van der Waals surface area contributed by atoms with Gasteiger partial charge in [0, 0.05) is 24.8 Å². The molecule has 0 aliphatic carbocycles. The van der Waals surface area contributed by atoms with Crippen LogP contribution in [-0.2, 0) is 19.4 Å². The topological polar surface area (TPSA) is 112 Å². The number of sulfone groups is 1. The molecule has 1 amide bonds. The summed E-state index contributed by atoms with van der Waals surface area (Å²) in [6, 6.07) is 4.01. The fraction of sp³-hybridized carbons (Fsp3) is 0.333. The molecule has 1 heterocycles. The zero-order valence-corrected chi connectivity index (χ0v) is 13.6. The average molecular weight is 357 g/mol. The van der Waals surface area contributed by atoms with Crippen LogP contribution in [-0.4, -0.2) is 48.2 Å². The van der Waals surface area contributed by atoms with E-state index in [2.05, 4.69) is 0 Å². The number of carboxylic acid groups (broad SMARTS) is 1. The number of nitrogens with zero attached hydrogens (tertiary/aromatic N) is 1. The maximum absolute atomic E-state index is 14.1. The third-order valence-corrected chi connectivity index (χ3v) is 4.86. The first-order chi connectivity index (χ1) is 11.1. The fourth-order valence-corrected chi connectivity index (χ4v) is 3.74. The molecule has 24 heavy (non-hydrogen) atoms. The molecule has 0 aromatic heterocycles. The third-order valence-electron chi connectivity index (χ3n) is 3.65. The van der Waals surface area contributed by atoms with Crippen LogP contribution in [0.4, 0.5) is 4.39 Å². The molecular formula is C15H16FNO6S. The summed E-state index contributed by atoms with van der Waals surface area (Å²) >= 11 is 0. The zero-order valence-electron chi connectivity index (χ0n) is 12.8. The Kier molecular flexibility index (Phi) is 4.93. The molecular weight excluding hydrogens is 341 g/mol. The van der Waals surface area contributed by atoms with E-state index in [1.54, 1.807) is 0 Å². The van der Waals surface area contributed by atoms with E-state index in [1.165, 1.54) is 18.2 Å². The number of carboxylic acids is 1. The zero-order chi connectivity index (χ0) is 18.1. The van der Waals surface area contributed by atoms with Gasteiger partial charge in [0.05, 0.1) is 0 Å². The van der Waals surface area contributed by atoms with Crippen LogP contribution >= 0.6 is 0 Å². The van der Waals surface area contributed by atoms with Gasteiger partial charge in [0.15, 0.2) is 15.6 Å². The molecule has 0 spiro atoms. The third kappa shape index (κ3) is 3.40. The number of carbonyl (C=O) groups excluding carboxylic acids is 1. The molecule has 0 saturated carbocycles. The number of amides is 1. The molecule has 0 fully saturated rings. The normalized spacial score (nSPS) is 18.3. The van der Waals surface area contributed by atoms with E-state index in [4.69, 9.17) is 5.11 Å². The summed E-state index contributed by atoms with van der Waals surface area (Å²) in [5.74, 6) is -3.73. The monoisotopic (exact) mass is 357 g/mol. The second kappa shape index (κ2) is 6.60. The smallest absolute Gasteiger partial charge is 0.303 e. The predicted molar refractivity (Wildman–Crippen MR) is 82.2 cm³/mol. The van der Waals surface area contributed by atoms with Gasteiger partial charge in [-0.2, -0.15) is 0 Å². The lowest BCUT2D eigenvalue weighted by atomic mass is 10.1. The van der Waals surface area contributed by atoms with Crippen molar-refractivity contribution in [2.45, 2.75) is 18.9 Å². The van der Waals surface area contributed by atoms with Crippen molar-refractivity contribution in [3.8, 4) is 0 Å². The van der Waals surface area contributed by atoms with E-state index < -0.39 is 44.2 Å². The van der Waals surface area contributed by atoms with Crippen LogP contribution in [0, 0.1) is 5.82 Å². The summed E-state index contributed by atoms with van der Waals surface area (Å²) in [4.78, 5) is 23.2. The van der Waals surface area contributed by atoms with E-state index in [-0.39, 0.29) is 24.9 Å². The molecule has 0 radical (unpaired) electrons. The number of aliphatic carboxylic acids is 1. The number of halogens is 1. The van der Waals surface area contributed by atoms with Crippen molar-refractivity contribution in [2.24, 2.45) is 0 Å². The van der Waals surface area contributed by atoms with Gasteiger partial charge < -0.3 is 15.1 Å². The summed E-state index contributed by atoms with van der Waals surface area (Å²) in [6.07, 6.45) is 0.611. The van der Waals surface area contributed by atoms with Gasteiger partial charge in [-0.3, -0.25) is 9.59 Å². The summed E-state index contributed by atoms with van der Waals surface area (Å²) in [7, 11) is -3.99. The molecule has 0 unspecified atom stereocenters. The van der Waals surface area contributed by atoms with Gasteiger partial charge in [0.1, 0.15) is 16.8 Å². The van der Waals surface area contributed by atoms with E-state index in [9.17, 15) is 27.5 Å². The van der Waals surface area contributed by atoms with Crippen molar-refractivity contribution >= 4 is 21.7 Å². The van der Waals surface area contributed by atoms with E-state index in [0.717, 1.165) is 17.2 Å². The van der Waals surface area contributed by atoms with Gasteiger partial charge >= 0.3 is 5.97 Å². The molecule has 0 saturated heterocycles. The van der Waals surface area contributed by atoms with E-state index in [1.807, 2.05) is 0 Å². The number of hydrogen-bond donors (Lipinski definition) is 2. The van der Waals surface area contributed by atoms with Crippen LogP contribution in [0.2, 0.25) is 0 Å². The van der Waals surface area contributed by atoms with E-state index >= 15 is 0 Å². The summed E-state index contributed by atoms with van der Waals surface area (Å²) in [5, 5.41) is 18.7. The number of benzene rings is 1. The highest BCUT2D eigenvalue weighted by atomic mass is 32.2. The van der Waals surface area contributed by atoms with Crippen LogP contribution in [0.15, 0.2) is 34.9 Å². The lowest BCUT2D eigenvalue weighted by Gasteiger charge is -2.26. The van der Waals surface area contributed by atoms with Gasteiger partial charge in [-0.25, -0.2) is 12.8 Å². The van der Waals surface area contributed by atoms with Crippen LogP contribution in [0.3, 0.4) is 0 Å². The summed E-state index contributed by atoms with van der Waals surface area (Å²) in [5.41, 5.74) is -0.0781. The van der Waals surface area contributed by atoms with Crippen LogP contribution in [0.25, 0.3) is 0 Å². The van der Waals surface area contributed by atoms with Crippen molar-refractivity contribution in [3.05, 3.63) is 46.3 Å². The van der Waals surface area contributed by atoms with Crippen LogP contribution in [0.1, 0.15) is 24.4 Å². The Morgan fingerprint density at radius 3 is 2.50 bits per heavy atom. The molecule has 1 aromatic rings. The average Bonchev–Trinajstić information content (AvgIpc) is 2.72. The molecule has 1 aliphatic heterocycles. The van der Waals surface area contributed by atoms with E-state index in [0.29, 0.717) is 0 Å². The molecule has 130 valence electrons. The quantitative estimate of drug-likeness (QED) is 0.796. The Labute approximate surface area is 137 Å². The van der Waals surface area contributed by atoms with Crippen molar-refractivity contribution < 1.29 is 32.6 Å².